The van der Waals surface area contributed by atoms with Gasteiger partial charge in [-0.05, 0) is 43.3 Å². The van der Waals surface area contributed by atoms with Gasteiger partial charge >= 0.3 is 5.97 Å². The second-order valence-electron chi connectivity index (χ2n) is 4.96. The van der Waals surface area contributed by atoms with Crippen molar-refractivity contribution in [2.75, 3.05) is 12.4 Å². The summed E-state index contributed by atoms with van der Waals surface area (Å²) in [7, 11) is 1.34. The van der Waals surface area contributed by atoms with Crippen LogP contribution in [-0.2, 0) is 11.2 Å². The maximum Gasteiger partial charge on any atom is 0.341 e. The van der Waals surface area contributed by atoms with Crippen molar-refractivity contribution >= 4 is 45.5 Å². The van der Waals surface area contributed by atoms with Gasteiger partial charge < -0.3 is 10.1 Å². The first-order valence-corrected chi connectivity index (χ1v) is 8.68. The minimum Gasteiger partial charge on any atom is -0.465 e. The number of anilines is 1. The summed E-state index contributed by atoms with van der Waals surface area (Å²) in [6.07, 6.45) is 3.75. The maximum atomic E-state index is 12.1. The molecule has 2 aromatic rings. The van der Waals surface area contributed by atoms with Crippen LogP contribution >= 0.6 is 23.6 Å². The summed E-state index contributed by atoms with van der Waals surface area (Å²) in [4.78, 5) is 28.9. The van der Waals surface area contributed by atoms with Crippen LogP contribution in [0, 0.1) is 6.92 Å². The Morgan fingerprint density at radius 3 is 2.56 bits per heavy atom. The van der Waals surface area contributed by atoms with Gasteiger partial charge in [0.15, 0.2) is 5.11 Å². The molecular formula is C16H18N4O3S2. The molecule has 2 rings (SSSR count). The summed E-state index contributed by atoms with van der Waals surface area (Å²) in [5.41, 5.74) is 6.93. The highest BCUT2D eigenvalue weighted by molar-refractivity contribution is 7.80. The molecule has 132 valence electrons. The molecule has 9 heteroatoms. The number of pyridine rings is 1. The Labute approximate surface area is 154 Å². The van der Waals surface area contributed by atoms with Crippen LogP contribution in [0.5, 0.6) is 0 Å². The summed E-state index contributed by atoms with van der Waals surface area (Å²) in [6, 6.07) is 3.16. The van der Waals surface area contributed by atoms with E-state index in [-0.39, 0.29) is 11.0 Å². The van der Waals surface area contributed by atoms with Crippen molar-refractivity contribution in [1.29, 1.82) is 0 Å². The van der Waals surface area contributed by atoms with Gasteiger partial charge in [-0.15, -0.1) is 11.3 Å². The van der Waals surface area contributed by atoms with Gasteiger partial charge in [0.2, 0.25) is 0 Å². The van der Waals surface area contributed by atoms with Crippen LogP contribution in [0.15, 0.2) is 24.5 Å². The van der Waals surface area contributed by atoms with Crippen LogP contribution in [0.3, 0.4) is 0 Å². The Morgan fingerprint density at radius 2 is 1.96 bits per heavy atom. The number of nitrogens with zero attached hydrogens (tertiary/aromatic N) is 1. The van der Waals surface area contributed by atoms with Crippen molar-refractivity contribution in [1.82, 2.24) is 15.8 Å². The van der Waals surface area contributed by atoms with Gasteiger partial charge in [0, 0.05) is 22.8 Å². The molecule has 0 fully saturated rings. The minimum atomic E-state index is -0.424. The molecule has 25 heavy (non-hydrogen) atoms. The molecule has 0 unspecified atom stereocenters. The number of ether oxygens (including phenoxy) is 1. The molecule has 0 saturated carbocycles. The third-order valence-electron chi connectivity index (χ3n) is 3.41. The zero-order chi connectivity index (χ0) is 18.4. The number of hydrazine groups is 1. The molecule has 3 N–H and O–H groups in total. The molecule has 2 aromatic heterocycles. The number of esters is 1. The standard InChI is InChI=1S/C16H18N4O3S2/c1-4-11-9(2)25-14(12(11)15(22)23-3)18-16(24)20-19-13(21)10-5-7-17-8-6-10/h5-8H,4H2,1-3H3,(H,19,21)(H2,18,20,24). The largest absolute Gasteiger partial charge is 0.465 e. The van der Waals surface area contributed by atoms with E-state index in [2.05, 4.69) is 21.2 Å². The third kappa shape index (κ3) is 4.52. The highest BCUT2D eigenvalue weighted by Gasteiger charge is 2.22. The van der Waals surface area contributed by atoms with Gasteiger partial charge in [0.25, 0.3) is 5.91 Å². The zero-order valence-electron chi connectivity index (χ0n) is 14.0. The Balaban J connectivity index is 2.06. The molecule has 0 radical (unpaired) electrons. The van der Waals surface area contributed by atoms with E-state index >= 15 is 0 Å². The Hall–Kier alpha value is -2.52. The molecule has 0 atom stereocenters. The molecule has 0 aromatic carbocycles. The number of rotatable bonds is 4. The van der Waals surface area contributed by atoms with Gasteiger partial charge in [-0.1, -0.05) is 6.92 Å². The number of aromatic nitrogens is 1. The van der Waals surface area contributed by atoms with Crippen molar-refractivity contribution in [2.45, 2.75) is 20.3 Å². The van der Waals surface area contributed by atoms with Crippen LogP contribution in [-0.4, -0.2) is 29.1 Å². The van der Waals surface area contributed by atoms with Crippen molar-refractivity contribution in [2.24, 2.45) is 0 Å². The fourth-order valence-corrected chi connectivity index (χ4v) is 3.59. The highest BCUT2D eigenvalue weighted by atomic mass is 32.1. The molecular weight excluding hydrogens is 360 g/mol. The van der Waals surface area contributed by atoms with Crippen LogP contribution in [0.4, 0.5) is 5.00 Å². The van der Waals surface area contributed by atoms with E-state index in [9.17, 15) is 9.59 Å². The van der Waals surface area contributed by atoms with Crippen LogP contribution in [0.25, 0.3) is 0 Å². The topological polar surface area (TPSA) is 92.4 Å². The van der Waals surface area contributed by atoms with Crippen LogP contribution in [0.1, 0.15) is 38.1 Å². The average Bonchev–Trinajstić information content (AvgIpc) is 2.94. The zero-order valence-corrected chi connectivity index (χ0v) is 15.6. The van der Waals surface area contributed by atoms with E-state index in [1.54, 1.807) is 12.1 Å². The lowest BCUT2D eigenvalue weighted by Gasteiger charge is -2.12. The lowest BCUT2D eigenvalue weighted by Crippen LogP contribution is -2.43. The SMILES string of the molecule is CCc1c(C)sc(NC(=S)NNC(=O)c2ccncc2)c1C(=O)OC. The smallest absolute Gasteiger partial charge is 0.341 e. The molecule has 0 aliphatic rings. The average molecular weight is 378 g/mol. The summed E-state index contributed by atoms with van der Waals surface area (Å²) < 4.78 is 4.86. The van der Waals surface area contributed by atoms with Crippen molar-refractivity contribution in [3.63, 3.8) is 0 Å². The number of methoxy groups -OCH3 is 1. The van der Waals surface area contributed by atoms with E-state index in [0.29, 0.717) is 22.5 Å². The lowest BCUT2D eigenvalue weighted by atomic mass is 10.1. The van der Waals surface area contributed by atoms with Crippen molar-refractivity contribution in [3.8, 4) is 0 Å². The number of hydrogen-bond acceptors (Lipinski definition) is 6. The molecule has 0 bridgehead atoms. The van der Waals surface area contributed by atoms with E-state index < -0.39 is 5.97 Å². The Bertz CT molecular complexity index is 790. The number of amides is 1. The second kappa shape index (κ2) is 8.54. The molecule has 0 aliphatic carbocycles. The van der Waals surface area contributed by atoms with E-state index in [0.717, 1.165) is 10.4 Å². The van der Waals surface area contributed by atoms with Gasteiger partial charge in [0.1, 0.15) is 5.00 Å². The third-order valence-corrected chi connectivity index (χ3v) is 4.68. The number of carbonyl (C=O) groups excluding carboxylic acids is 2. The van der Waals surface area contributed by atoms with Crippen LogP contribution < -0.4 is 16.2 Å². The first-order chi connectivity index (χ1) is 12.0. The fourth-order valence-electron chi connectivity index (χ4n) is 2.23. The normalized spacial score (nSPS) is 10.0. The molecule has 0 spiro atoms. The molecule has 2 heterocycles. The quantitative estimate of drug-likeness (QED) is 0.427. The summed E-state index contributed by atoms with van der Waals surface area (Å²) in [5, 5.41) is 3.68. The predicted molar refractivity (Wildman–Crippen MR) is 101 cm³/mol. The summed E-state index contributed by atoms with van der Waals surface area (Å²) >= 11 is 6.59. The van der Waals surface area contributed by atoms with Gasteiger partial charge in [-0.25, -0.2) is 4.79 Å². The summed E-state index contributed by atoms with van der Waals surface area (Å²) in [5.74, 6) is -0.774. The molecule has 0 saturated heterocycles. The molecule has 0 aliphatic heterocycles. The predicted octanol–water partition coefficient (Wildman–Crippen LogP) is 2.43. The minimum absolute atomic E-state index is 0.163. The number of thiophene rings is 1. The molecule has 7 nitrogen and oxygen atoms in total. The number of aryl methyl sites for hydroxylation is 1. The molecule has 1 amide bonds. The fraction of sp³-hybridized carbons (Fsp3) is 0.250. The van der Waals surface area contributed by atoms with Gasteiger partial charge in [0.05, 0.1) is 12.7 Å². The van der Waals surface area contributed by atoms with Crippen LogP contribution in [0.2, 0.25) is 0 Å². The maximum absolute atomic E-state index is 12.1. The number of thiocarbonyl (C=S) groups is 1. The number of nitrogens with one attached hydrogen (secondary N) is 3. The van der Waals surface area contributed by atoms with Crippen molar-refractivity contribution in [3.05, 3.63) is 46.1 Å². The number of hydrogen-bond donors (Lipinski definition) is 3. The first kappa shape index (κ1) is 18.8. The second-order valence-corrected chi connectivity index (χ2v) is 6.59. The number of carbonyl (C=O) groups is 2. The Morgan fingerprint density at radius 1 is 1.28 bits per heavy atom. The summed E-state index contributed by atoms with van der Waals surface area (Å²) in [6.45, 7) is 3.90. The van der Waals surface area contributed by atoms with E-state index in [1.165, 1.54) is 30.8 Å². The van der Waals surface area contributed by atoms with Gasteiger partial charge in [-0.2, -0.15) is 0 Å². The Kier molecular flexibility index (Phi) is 6.43. The van der Waals surface area contributed by atoms with Gasteiger partial charge in [-0.3, -0.25) is 20.6 Å². The first-order valence-electron chi connectivity index (χ1n) is 7.45. The van der Waals surface area contributed by atoms with E-state index in [1.807, 2.05) is 13.8 Å². The monoisotopic (exact) mass is 378 g/mol. The highest BCUT2D eigenvalue weighted by Crippen LogP contribution is 2.33. The van der Waals surface area contributed by atoms with E-state index in [4.69, 9.17) is 17.0 Å². The lowest BCUT2D eigenvalue weighted by molar-refractivity contribution is 0.0601. The van der Waals surface area contributed by atoms with Crippen molar-refractivity contribution < 1.29 is 14.3 Å².